The van der Waals surface area contributed by atoms with Crippen LogP contribution in [0.15, 0.2) is 0 Å². The maximum atomic E-state index is 6.19. The predicted molar refractivity (Wildman–Crippen MR) is 118 cm³/mol. The minimum atomic E-state index is -0.232. The van der Waals surface area contributed by atoms with Crippen LogP contribution in [-0.2, 0) is 18.9 Å². The van der Waals surface area contributed by atoms with E-state index in [-0.39, 0.29) is 22.9 Å². The van der Waals surface area contributed by atoms with E-state index in [2.05, 4.69) is 62.3 Å². The van der Waals surface area contributed by atoms with Crippen LogP contribution in [0.3, 0.4) is 0 Å². The zero-order chi connectivity index (χ0) is 21.8. The molecule has 0 heterocycles. The average molecular weight is 404 g/mol. The molecule has 0 N–H and O–H groups in total. The molecule has 1 atom stereocenters. The first-order valence-corrected chi connectivity index (χ1v) is 11.0. The summed E-state index contributed by atoms with van der Waals surface area (Å²) in [6.45, 7) is 21.6. The van der Waals surface area contributed by atoms with Crippen LogP contribution in [0.1, 0.15) is 94.4 Å². The second-order valence-electron chi connectivity index (χ2n) is 9.94. The second-order valence-corrected chi connectivity index (χ2v) is 9.94. The summed E-state index contributed by atoms with van der Waals surface area (Å²) in [6, 6.07) is 0. The lowest BCUT2D eigenvalue weighted by Crippen LogP contribution is -2.36. The van der Waals surface area contributed by atoms with Gasteiger partial charge in [-0.15, -0.1) is 0 Å². The average Bonchev–Trinajstić information content (AvgIpc) is 2.52. The van der Waals surface area contributed by atoms with Gasteiger partial charge in [-0.25, -0.2) is 0 Å². The van der Waals surface area contributed by atoms with E-state index in [1.807, 2.05) is 11.9 Å². The third-order valence-electron chi connectivity index (χ3n) is 4.76. The van der Waals surface area contributed by atoms with Crippen molar-refractivity contribution < 1.29 is 18.9 Å². The molecular weight excluding hydrogens is 354 g/mol. The van der Waals surface area contributed by atoms with Gasteiger partial charge in [-0.1, -0.05) is 26.7 Å². The molecule has 1 unspecified atom stereocenters. The molecule has 0 radical (unpaired) electrons. The highest BCUT2D eigenvalue weighted by atomic mass is 16.6. The Bertz CT molecular complexity index is 396. The molecule has 0 aromatic rings. The standard InChI is InChI=1S/C23H49NO4/c1-11-13-21(4,5)26-16-15-23(8,9)28-20(3)17-25-18-24(10)19-27-22(6,7)14-12-2/h20H,11-19H2,1-10H3. The Kier molecular flexibility index (Phi) is 13.1. The summed E-state index contributed by atoms with van der Waals surface area (Å²) in [5.41, 5.74) is -0.376. The third kappa shape index (κ3) is 14.7. The molecule has 28 heavy (non-hydrogen) atoms. The number of ether oxygens (including phenoxy) is 4. The highest BCUT2D eigenvalue weighted by Crippen LogP contribution is 2.22. The van der Waals surface area contributed by atoms with Crippen molar-refractivity contribution in [2.75, 3.05) is 33.7 Å². The molecule has 0 fully saturated rings. The van der Waals surface area contributed by atoms with Gasteiger partial charge in [-0.05, 0) is 74.8 Å². The minimum Gasteiger partial charge on any atom is -0.375 e. The van der Waals surface area contributed by atoms with Gasteiger partial charge in [0.25, 0.3) is 0 Å². The van der Waals surface area contributed by atoms with Crippen molar-refractivity contribution >= 4 is 0 Å². The van der Waals surface area contributed by atoms with Gasteiger partial charge < -0.3 is 18.9 Å². The monoisotopic (exact) mass is 403 g/mol. The van der Waals surface area contributed by atoms with Gasteiger partial charge in [0.1, 0.15) is 13.5 Å². The summed E-state index contributed by atoms with van der Waals surface area (Å²) in [4.78, 5) is 2.04. The SMILES string of the molecule is CCCC(C)(C)OCCC(C)(C)OC(C)COCN(C)COC(C)(C)CCC. The van der Waals surface area contributed by atoms with E-state index >= 15 is 0 Å². The van der Waals surface area contributed by atoms with Crippen LogP contribution in [0.4, 0.5) is 0 Å². The topological polar surface area (TPSA) is 40.2 Å². The fraction of sp³-hybridized carbons (Fsp3) is 1.00. The van der Waals surface area contributed by atoms with E-state index in [9.17, 15) is 0 Å². The van der Waals surface area contributed by atoms with Crippen molar-refractivity contribution in [3.8, 4) is 0 Å². The molecule has 0 rings (SSSR count). The molecule has 0 bridgehead atoms. The molecule has 170 valence electrons. The Morgan fingerprint density at radius 2 is 1.29 bits per heavy atom. The first-order chi connectivity index (χ1) is 12.8. The Morgan fingerprint density at radius 3 is 1.82 bits per heavy atom. The summed E-state index contributed by atoms with van der Waals surface area (Å²) in [7, 11) is 2.01. The predicted octanol–water partition coefficient (Wildman–Crippen LogP) is 5.61. The summed E-state index contributed by atoms with van der Waals surface area (Å²) < 4.78 is 24.0. The van der Waals surface area contributed by atoms with Crippen LogP contribution >= 0.6 is 0 Å². The molecule has 0 aliphatic heterocycles. The third-order valence-corrected chi connectivity index (χ3v) is 4.76. The molecule has 0 amide bonds. The zero-order valence-corrected chi connectivity index (χ0v) is 20.5. The summed E-state index contributed by atoms with van der Waals surface area (Å²) in [6.07, 6.45) is 5.29. The molecule has 5 heteroatoms. The highest BCUT2D eigenvalue weighted by Gasteiger charge is 2.24. The van der Waals surface area contributed by atoms with Crippen LogP contribution in [0.2, 0.25) is 0 Å². The van der Waals surface area contributed by atoms with E-state index in [4.69, 9.17) is 18.9 Å². The Morgan fingerprint density at radius 1 is 0.750 bits per heavy atom. The number of hydrogen-bond donors (Lipinski definition) is 0. The first-order valence-electron chi connectivity index (χ1n) is 11.0. The van der Waals surface area contributed by atoms with Gasteiger partial charge in [0.15, 0.2) is 0 Å². The van der Waals surface area contributed by atoms with Crippen molar-refractivity contribution in [2.45, 2.75) is 117 Å². The van der Waals surface area contributed by atoms with Crippen molar-refractivity contribution in [3.05, 3.63) is 0 Å². The van der Waals surface area contributed by atoms with Gasteiger partial charge in [-0.3, -0.25) is 4.90 Å². The Labute approximate surface area is 175 Å². The minimum absolute atomic E-state index is 0.0319. The molecular formula is C23H49NO4. The fourth-order valence-electron chi connectivity index (χ4n) is 3.26. The van der Waals surface area contributed by atoms with Crippen LogP contribution in [-0.4, -0.2) is 61.5 Å². The van der Waals surface area contributed by atoms with Crippen molar-refractivity contribution in [2.24, 2.45) is 0 Å². The fourth-order valence-corrected chi connectivity index (χ4v) is 3.26. The van der Waals surface area contributed by atoms with Crippen LogP contribution in [0.25, 0.3) is 0 Å². The normalized spacial score (nSPS) is 14.7. The molecule has 0 aromatic carbocycles. The van der Waals surface area contributed by atoms with E-state index in [1.54, 1.807) is 0 Å². The van der Waals surface area contributed by atoms with E-state index in [0.717, 1.165) is 32.1 Å². The van der Waals surface area contributed by atoms with Crippen molar-refractivity contribution in [1.82, 2.24) is 4.90 Å². The molecule has 0 aliphatic carbocycles. The quantitative estimate of drug-likeness (QED) is 0.295. The summed E-state index contributed by atoms with van der Waals surface area (Å²) in [5, 5.41) is 0. The van der Waals surface area contributed by atoms with Crippen molar-refractivity contribution in [3.63, 3.8) is 0 Å². The van der Waals surface area contributed by atoms with Gasteiger partial charge >= 0.3 is 0 Å². The van der Waals surface area contributed by atoms with Gasteiger partial charge in [-0.2, -0.15) is 0 Å². The second kappa shape index (κ2) is 13.2. The van der Waals surface area contributed by atoms with E-state index < -0.39 is 0 Å². The molecule has 0 saturated heterocycles. The maximum absolute atomic E-state index is 6.19. The van der Waals surface area contributed by atoms with Crippen LogP contribution in [0.5, 0.6) is 0 Å². The zero-order valence-electron chi connectivity index (χ0n) is 20.5. The molecule has 0 saturated carbocycles. The van der Waals surface area contributed by atoms with Gasteiger partial charge in [0.05, 0.1) is 36.1 Å². The smallest absolute Gasteiger partial charge is 0.101 e. The Hall–Kier alpha value is -0.200. The maximum Gasteiger partial charge on any atom is 0.101 e. The number of nitrogens with zero attached hydrogens (tertiary/aromatic N) is 1. The summed E-state index contributed by atoms with van der Waals surface area (Å²) in [5.74, 6) is 0. The molecule has 0 aliphatic rings. The highest BCUT2D eigenvalue weighted by molar-refractivity contribution is 4.73. The molecule has 5 nitrogen and oxygen atoms in total. The van der Waals surface area contributed by atoms with Crippen LogP contribution in [0, 0.1) is 0 Å². The van der Waals surface area contributed by atoms with Gasteiger partial charge in [0.2, 0.25) is 0 Å². The largest absolute Gasteiger partial charge is 0.375 e. The lowest BCUT2D eigenvalue weighted by atomic mass is 10.0. The lowest BCUT2D eigenvalue weighted by Gasteiger charge is -2.32. The summed E-state index contributed by atoms with van der Waals surface area (Å²) >= 11 is 0. The van der Waals surface area contributed by atoms with Crippen molar-refractivity contribution in [1.29, 1.82) is 0 Å². The van der Waals surface area contributed by atoms with E-state index in [0.29, 0.717) is 26.7 Å². The van der Waals surface area contributed by atoms with E-state index in [1.165, 1.54) is 0 Å². The Balaban J connectivity index is 4.04. The molecule has 0 spiro atoms. The number of hydrogen-bond acceptors (Lipinski definition) is 5. The first kappa shape index (κ1) is 27.8. The number of rotatable bonds is 17. The lowest BCUT2D eigenvalue weighted by molar-refractivity contribution is -0.134. The van der Waals surface area contributed by atoms with Gasteiger partial charge in [0, 0.05) is 0 Å². The molecule has 0 aromatic heterocycles. The van der Waals surface area contributed by atoms with Crippen LogP contribution < -0.4 is 0 Å².